The Morgan fingerprint density at radius 3 is 2.03 bits per heavy atom. The molecule has 168 valence electrons. The number of carbonyl (C=O) groups excluding carboxylic acids is 1. The van der Waals surface area contributed by atoms with Crippen molar-refractivity contribution in [2.75, 3.05) is 10.0 Å². The molecule has 0 unspecified atom stereocenters. The van der Waals surface area contributed by atoms with E-state index in [1.807, 2.05) is 0 Å². The molecule has 0 saturated heterocycles. The minimum atomic E-state index is -4.74. The molecular weight excluding hydrogens is 512 g/mol. The standard InChI is InChI=1S/C20H12Cl3F3N2O3S/c21-11-1-7-15(18(23)9-11)19(29)27-12-2-5-14(6-3-12)32(30,31)28-13-4-8-17(22)16(10-13)20(24,25)26/h1-10,28H,(H,27,29). The second-order valence-corrected chi connectivity index (χ2v) is 9.33. The third-order valence-electron chi connectivity index (χ3n) is 4.12. The van der Waals surface area contributed by atoms with E-state index in [1.54, 1.807) is 0 Å². The van der Waals surface area contributed by atoms with Crippen molar-refractivity contribution in [2.24, 2.45) is 0 Å². The maximum atomic E-state index is 13.0. The van der Waals surface area contributed by atoms with Gasteiger partial charge in [-0.3, -0.25) is 9.52 Å². The molecule has 2 N–H and O–H groups in total. The second-order valence-electron chi connectivity index (χ2n) is 6.40. The molecule has 0 heterocycles. The van der Waals surface area contributed by atoms with Crippen molar-refractivity contribution in [3.8, 4) is 0 Å². The highest BCUT2D eigenvalue weighted by atomic mass is 35.5. The van der Waals surface area contributed by atoms with Crippen LogP contribution >= 0.6 is 34.8 Å². The number of rotatable bonds is 5. The summed E-state index contributed by atoms with van der Waals surface area (Å²) < 4.78 is 66.1. The summed E-state index contributed by atoms with van der Waals surface area (Å²) in [6.07, 6.45) is -4.74. The monoisotopic (exact) mass is 522 g/mol. The van der Waals surface area contributed by atoms with Crippen molar-refractivity contribution >= 4 is 62.1 Å². The van der Waals surface area contributed by atoms with Gasteiger partial charge in [-0.1, -0.05) is 34.8 Å². The Hall–Kier alpha value is -2.46. The Kier molecular flexibility index (Phi) is 6.94. The zero-order chi connectivity index (χ0) is 23.7. The van der Waals surface area contributed by atoms with E-state index in [2.05, 4.69) is 10.0 Å². The quantitative estimate of drug-likeness (QED) is 0.390. The molecule has 0 bridgehead atoms. The van der Waals surface area contributed by atoms with Crippen molar-refractivity contribution in [1.29, 1.82) is 0 Å². The van der Waals surface area contributed by atoms with Gasteiger partial charge in [0.25, 0.3) is 15.9 Å². The van der Waals surface area contributed by atoms with Gasteiger partial charge in [0.05, 0.1) is 26.1 Å². The highest BCUT2D eigenvalue weighted by Crippen LogP contribution is 2.36. The van der Waals surface area contributed by atoms with Gasteiger partial charge in [-0.25, -0.2) is 8.42 Å². The van der Waals surface area contributed by atoms with E-state index in [-0.39, 0.29) is 26.9 Å². The van der Waals surface area contributed by atoms with Gasteiger partial charge >= 0.3 is 6.18 Å². The van der Waals surface area contributed by atoms with Crippen LogP contribution in [0.3, 0.4) is 0 Å². The van der Waals surface area contributed by atoms with Gasteiger partial charge in [0.15, 0.2) is 0 Å². The van der Waals surface area contributed by atoms with Gasteiger partial charge in [-0.05, 0) is 60.7 Å². The lowest BCUT2D eigenvalue weighted by atomic mass is 10.2. The number of benzene rings is 3. The summed E-state index contributed by atoms with van der Waals surface area (Å²) in [7, 11) is -4.21. The topological polar surface area (TPSA) is 75.3 Å². The third kappa shape index (κ3) is 5.66. The minimum absolute atomic E-state index is 0.139. The summed E-state index contributed by atoms with van der Waals surface area (Å²) >= 11 is 17.3. The number of alkyl halides is 3. The Bertz CT molecular complexity index is 1280. The summed E-state index contributed by atoms with van der Waals surface area (Å²) in [5, 5.41) is 2.50. The molecule has 12 heteroatoms. The van der Waals surface area contributed by atoms with Gasteiger partial charge in [-0.15, -0.1) is 0 Å². The Morgan fingerprint density at radius 1 is 0.812 bits per heavy atom. The normalized spacial score (nSPS) is 11.8. The SMILES string of the molecule is O=C(Nc1ccc(S(=O)(=O)Nc2ccc(Cl)c(C(F)(F)F)c2)cc1)c1ccc(Cl)cc1Cl. The van der Waals surface area contributed by atoms with Gasteiger partial charge in [0, 0.05) is 16.4 Å². The van der Waals surface area contributed by atoms with E-state index >= 15 is 0 Å². The maximum absolute atomic E-state index is 13.0. The third-order valence-corrected chi connectivity index (χ3v) is 6.40. The molecule has 0 spiro atoms. The molecule has 0 aromatic heterocycles. The van der Waals surface area contributed by atoms with Gasteiger partial charge in [0.2, 0.25) is 0 Å². The fraction of sp³-hybridized carbons (Fsp3) is 0.0500. The molecule has 0 radical (unpaired) electrons. The van der Waals surface area contributed by atoms with E-state index in [0.717, 1.165) is 12.1 Å². The lowest BCUT2D eigenvalue weighted by Gasteiger charge is -2.13. The van der Waals surface area contributed by atoms with Crippen molar-refractivity contribution in [1.82, 2.24) is 0 Å². The van der Waals surface area contributed by atoms with Crippen LogP contribution in [-0.2, 0) is 16.2 Å². The number of nitrogens with one attached hydrogen (secondary N) is 2. The predicted molar refractivity (Wildman–Crippen MR) is 118 cm³/mol. The van der Waals surface area contributed by atoms with E-state index < -0.39 is 32.7 Å². The highest BCUT2D eigenvalue weighted by Gasteiger charge is 2.33. The smallest absolute Gasteiger partial charge is 0.322 e. The molecule has 0 aliphatic rings. The van der Waals surface area contributed by atoms with E-state index in [1.165, 1.54) is 42.5 Å². The molecule has 5 nitrogen and oxygen atoms in total. The molecule has 0 fully saturated rings. The average molecular weight is 524 g/mol. The van der Waals surface area contributed by atoms with Crippen molar-refractivity contribution in [2.45, 2.75) is 11.1 Å². The molecule has 3 rings (SSSR count). The van der Waals surface area contributed by atoms with Crippen LogP contribution in [0.2, 0.25) is 15.1 Å². The fourth-order valence-electron chi connectivity index (χ4n) is 2.61. The number of sulfonamides is 1. The molecular formula is C20H12Cl3F3N2O3S. The summed E-state index contributed by atoms with van der Waals surface area (Å²) in [4.78, 5) is 12.1. The van der Waals surface area contributed by atoms with Crippen LogP contribution in [0.25, 0.3) is 0 Å². The Labute approximate surface area is 196 Å². The zero-order valence-electron chi connectivity index (χ0n) is 15.7. The highest BCUT2D eigenvalue weighted by molar-refractivity contribution is 7.92. The number of hydrogen-bond donors (Lipinski definition) is 2. The summed E-state index contributed by atoms with van der Waals surface area (Å²) in [5.41, 5.74) is -1.04. The molecule has 1 amide bonds. The number of amides is 1. The molecule has 0 aliphatic carbocycles. The van der Waals surface area contributed by atoms with Gasteiger partial charge < -0.3 is 5.32 Å². The van der Waals surface area contributed by atoms with Crippen LogP contribution in [0, 0.1) is 0 Å². The Balaban J connectivity index is 1.77. The molecule has 32 heavy (non-hydrogen) atoms. The first-order chi connectivity index (χ1) is 14.9. The first-order valence-corrected chi connectivity index (χ1v) is 11.2. The maximum Gasteiger partial charge on any atom is 0.417 e. The lowest BCUT2D eigenvalue weighted by molar-refractivity contribution is -0.137. The lowest BCUT2D eigenvalue weighted by Crippen LogP contribution is -2.15. The molecule has 0 aliphatic heterocycles. The number of halogens is 6. The van der Waals surface area contributed by atoms with E-state index in [9.17, 15) is 26.4 Å². The van der Waals surface area contributed by atoms with Gasteiger partial charge in [0.1, 0.15) is 0 Å². The van der Waals surface area contributed by atoms with Crippen molar-refractivity contribution in [3.63, 3.8) is 0 Å². The van der Waals surface area contributed by atoms with E-state index in [4.69, 9.17) is 34.8 Å². The Morgan fingerprint density at radius 2 is 1.44 bits per heavy atom. The molecule has 0 saturated carbocycles. The molecule has 3 aromatic rings. The van der Waals surface area contributed by atoms with Crippen LogP contribution in [0.1, 0.15) is 15.9 Å². The van der Waals surface area contributed by atoms with Crippen molar-refractivity contribution < 1.29 is 26.4 Å². The summed E-state index contributed by atoms with van der Waals surface area (Å²) in [5.74, 6) is -0.541. The van der Waals surface area contributed by atoms with Gasteiger partial charge in [-0.2, -0.15) is 13.2 Å². The minimum Gasteiger partial charge on any atom is -0.322 e. The zero-order valence-corrected chi connectivity index (χ0v) is 18.8. The number of hydrogen-bond acceptors (Lipinski definition) is 3. The van der Waals surface area contributed by atoms with Crippen molar-refractivity contribution in [3.05, 3.63) is 86.9 Å². The largest absolute Gasteiger partial charge is 0.417 e. The summed E-state index contributed by atoms with van der Waals surface area (Å²) in [6.45, 7) is 0. The molecule has 3 aromatic carbocycles. The van der Waals surface area contributed by atoms with E-state index in [0.29, 0.717) is 11.1 Å². The predicted octanol–water partition coefficient (Wildman–Crippen LogP) is 6.72. The van der Waals surface area contributed by atoms with Crippen LogP contribution in [-0.4, -0.2) is 14.3 Å². The van der Waals surface area contributed by atoms with Crippen LogP contribution < -0.4 is 10.0 Å². The van der Waals surface area contributed by atoms with Crippen LogP contribution in [0.15, 0.2) is 65.6 Å². The summed E-state index contributed by atoms with van der Waals surface area (Å²) in [6, 6.07) is 12.0. The fourth-order valence-corrected chi connectivity index (χ4v) is 4.38. The first kappa shape index (κ1) is 24.2. The number of anilines is 2. The second kappa shape index (κ2) is 9.19. The average Bonchev–Trinajstić information content (AvgIpc) is 2.68. The number of carbonyl (C=O) groups is 1. The van der Waals surface area contributed by atoms with Crippen LogP contribution in [0.5, 0.6) is 0 Å². The first-order valence-electron chi connectivity index (χ1n) is 8.63. The molecule has 0 atom stereocenters. The van der Waals surface area contributed by atoms with Crippen LogP contribution in [0.4, 0.5) is 24.5 Å².